The van der Waals surface area contributed by atoms with Crippen LogP contribution < -0.4 is 20.1 Å². The molecule has 3 rings (SSSR count). The highest BCUT2D eigenvalue weighted by atomic mass is 32.2. The first-order valence-corrected chi connectivity index (χ1v) is 10.2. The smallest absolute Gasteiger partial charge is 0.262 e. The van der Waals surface area contributed by atoms with Gasteiger partial charge in [-0.05, 0) is 43.2 Å². The fraction of sp³-hybridized carbons (Fsp3) is 0.263. The second-order valence-electron chi connectivity index (χ2n) is 6.29. The van der Waals surface area contributed by atoms with E-state index >= 15 is 0 Å². The molecule has 1 aliphatic heterocycles. The van der Waals surface area contributed by atoms with Gasteiger partial charge in [0.1, 0.15) is 11.8 Å². The van der Waals surface area contributed by atoms with E-state index in [0.29, 0.717) is 24.4 Å². The number of hydrogen-bond donors (Lipinski definition) is 3. The average molecular weight is 403 g/mol. The third-order valence-corrected chi connectivity index (χ3v) is 5.71. The van der Waals surface area contributed by atoms with Gasteiger partial charge in [0.15, 0.2) is 0 Å². The number of nitrogens with one attached hydrogen (secondary N) is 3. The number of methoxy groups -OCH3 is 1. The molecular formula is C19H21N3O5S. The summed E-state index contributed by atoms with van der Waals surface area (Å²) in [6, 6.07) is 11.6. The topological polar surface area (TPSA) is 114 Å². The molecule has 9 heteroatoms. The van der Waals surface area contributed by atoms with Gasteiger partial charge in [0.05, 0.1) is 17.7 Å². The van der Waals surface area contributed by atoms with Crippen LogP contribution in [-0.4, -0.2) is 39.9 Å². The molecule has 1 aliphatic rings. The fourth-order valence-corrected chi connectivity index (χ4v) is 4.00. The SMILES string of the molecule is COc1ccccc1NS(=O)(=O)c1cccc(C(=O)NC2CCCNC2=O)c1. The van der Waals surface area contributed by atoms with E-state index in [1.54, 1.807) is 24.3 Å². The lowest BCUT2D eigenvalue weighted by molar-refractivity contribution is -0.124. The normalized spacial score (nSPS) is 16.8. The van der Waals surface area contributed by atoms with E-state index in [9.17, 15) is 18.0 Å². The summed E-state index contributed by atoms with van der Waals surface area (Å²) in [6.07, 6.45) is 1.32. The molecule has 1 unspecified atom stereocenters. The second kappa shape index (κ2) is 8.30. The number of anilines is 1. The van der Waals surface area contributed by atoms with Crippen molar-refractivity contribution in [2.45, 2.75) is 23.8 Å². The molecule has 0 spiro atoms. The zero-order chi connectivity index (χ0) is 20.1. The minimum atomic E-state index is -3.94. The van der Waals surface area contributed by atoms with Crippen LogP contribution in [0.15, 0.2) is 53.4 Å². The number of para-hydroxylation sites is 2. The van der Waals surface area contributed by atoms with Crippen LogP contribution in [0, 0.1) is 0 Å². The van der Waals surface area contributed by atoms with Crippen LogP contribution in [0.25, 0.3) is 0 Å². The highest BCUT2D eigenvalue weighted by Gasteiger charge is 2.25. The van der Waals surface area contributed by atoms with E-state index in [1.807, 2.05) is 0 Å². The van der Waals surface area contributed by atoms with E-state index in [2.05, 4.69) is 15.4 Å². The van der Waals surface area contributed by atoms with Gasteiger partial charge >= 0.3 is 0 Å². The zero-order valence-electron chi connectivity index (χ0n) is 15.3. The Morgan fingerprint density at radius 2 is 1.96 bits per heavy atom. The molecule has 3 N–H and O–H groups in total. The molecule has 2 amide bonds. The molecule has 1 heterocycles. The van der Waals surface area contributed by atoms with Crippen LogP contribution in [0.2, 0.25) is 0 Å². The molecule has 28 heavy (non-hydrogen) atoms. The highest BCUT2D eigenvalue weighted by molar-refractivity contribution is 7.92. The summed E-state index contributed by atoms with van der Waals surface area (Å²) >= 11 is 0. The molecule has 1 atom stereocenters. The molecule has 8 nitrogen and oxygen atoms in total. The van der Waals surface area contributed by atoms with Crippen LogP contribution >= 0.6 is 0 Å². The lowest BCUT2D eigenvalue weighted by Crippen LogP contribution is -2.50. The summed E-state index contributed by atoms with van der Waals surface area (Å²) in [5.41, 5.74) is 0.444. The van der Waals surface area contributed by atoms with Crippen molar-refractivity contribution in [3.8, 4) is 5.75 Å². The second-order valence-corrected chi connectivity index (χ2v) is 7.98. The maximum absolute atomic E-state index is 12.7. The molecule has 1 fully saturated rings. The van der Waals surface area contributed by atoms with E-state index in [1.165, 1.54) is 31.4 Å². The third kappa shape index (κ3) is 4.42. The number of rotatable bonds is 6. The highest BCUT2D eigenvalue weighted by Crippen LogP contribution is 2.26. The average Bonchev–Trinajstić information content (AvgIpc) is 2.70. The largest absolute Gasteiger partial charge is 0.495 e. The fourth-order valence-electron chi connectivity index (χ4n) is 2.89. The Kier molecular flexibility index (Phi) is 5.84. The Labute approximate surface area is 163 Å². The monoisotopic (exact) mass is 403 g/mol. The lowest BCUT2D eigenvalue weighted by atomic mass is 10.1. The van der Waals surface area contributed by atoms with Crippen LogP contribution in [0.3, 0.4) is 0 Å². The quantitative estimate of drug-likeness (QED) is 0.677. The van der Waals surface area contributed by atoms with Gasteiger partial charge in [-0.1, -0.05) is 18.2 Å². The van der Waals surface area contributed by atoms with Gasteiger partial charge in [-0.2, -0.15) is 0 Å². The molecule has 1 saturated heterocycles. The Balaban J connectivity index is 1.79. The van der Waals surface area contributed by atoms with E-state index < -0.39 is 22.0 Å². The van der Waals surface area contributed by atoms with Gasteiger partial charge in [0.2, 0.25) is 5.91 Å². The van der Waals surface area contributed by atoms with E-state index in [0.717, 1.165) is 6.42 Å². The standard InChI is InChI=1S/C19H21N3O5S/c1-27-17-10-3-2-8-15(17)22-28(25,26)14-7-4-6-13(12-14)18(23)21-16-9-5-11-20-19(16)24/h2-4,6-8,10,12,16,22H,5,9,11H2,1H3,(H,20,24)(H,21,23). The van der Waals surface area contributed by atoms with Crippen molar-refractivity contribution in [2.75, 3.05) is 18.4 Å². The van der Waals surface area contributed by atoms with Crippen molar-refractivity contribution in [2.24, 2.45) is 0 Å². The number of hydrogen-bond acceptors (Lipinski definition) is 5. The summed E-state index contributed by atoms with van der Waals surface area (Å²) in [6.45, 7) is 0.591. The van der Waals surface area contributed by atoms with Gasteiger partial charge in [0.25, 0.3) is 15.9 Å². The summed E-state index contributed by atoms with van der Waals surface area (Å²) in [5, 5.41) is 5.34. The lowest BCUT2D eigenvalue weighted by Gasteiger charge is -2.22. The van der Waals surface area contributed by atoms with Gasteiger partial charge in [-0.25, -0.2) is 8.42 Å². The van der Waals surface area contributed by atoms with E-state index in [4.69, 9.17) is 4.74 Å². The van der Waals surface area contributed by atoms with Crippen molar-refractivity contribution in [3.63, 3.8) is 0 Å². The molecule has 0 aromatic heterocycles. The first-order chi connectivity index (χ1) is 13.4. The number of piperidine rings is 1. The number of sulfonamides is 1. The minimum absolute atomic E-state index is 0.0702. The van der Waals surface area contributed by atoms with Gasteiger partial charge in [-0.3, -0.25) is 14.3 Å². The minimum Gasteiger partial charge on any atom is -0.495 e. The molecule has 0 aliphatic carbocycles. The predicted octanol–water partition coefficient (Wildman–Crippen LogP) is 1.50. The maximum Gasteiger partial charge on any atom is 0.262 e. The molecule has 2 aromatic carbocycles. The van der Waals surface area contributed by atoms with Crippen LogP contribution in [0.5, 0.6) is 5.75 Å². The maximum atomic E-state index is 12.7. The van der Waals surface area contributed by atoms with Crippen molar-refractivity contribution < 1.29 is 22.7 Å². The number of amides is 2. The van der Waals surface area contributed by atoms with Gasteiger partial charge in [0, 0.05) is 12.1 Å². The predicted molar refractivity (Wildman–Crippen MR) is 104 cm³/mol. The van der Waals surface area contributed by atoms with Crippen LogP contribution in [0.4, 0.5) is 5.69 Å². The summed E-state index contributed by atoms with van der Waals surface area (Å²) in [7, 11) is -2.49. The molecule has 2 aromatic rings. The van der Waals surface area contributed by atoms with E-state index in [-0.39, 0.29) is 16.4 Å². The number of benzene rings is 2. The van der Waals surface area contributed by atoms with Gasteiger partial charge in [-0.15, -0.1) is 0 Å². The molecule has 148 valence electrons. The molecule has 0 bridgehead atoms. The van der Waals surface area contributed by atoms with Crippen molar-refractivity contribution >= 4 is 27.5 Å². The number of carbonyl (C=O) groups is 2. The summed E-state index contributed by atoms with van der Waals surface area (Å²) in [4.78, 5) is 24.2. The Morgan fingerprint density at radius 1 is 1.18 bits per heavy atom. The first-order valence-electron chi connectivity index (χ1n) is 8.75. The molecular weight excluding hydrogens is 382 g/mol. The zero-order valence-corrected chi connectivity index (χ0v) is 16.1. The molecule has 0 saturated carbocycles. The van der Waals surface area contributed by atoms with Crippen LogP contribution in [-0.2, 0) is 14.8 Å². The Morgan fingerprint density at radius 3 is 2.71 bits per heavy atom. The Hall–Kier alpha value is -3.07. The van der Waals surface area contributed by atoms with Crippen LogP contribution in [0.1, 0.15) is 23.2 Å². The Bertz CT molecular complexity index is 991. The van der Waals surface area contributed by atoms with Crippen molar-refractivity contribution in [1.82, 2.24) is 10.6 Å². The molecule has 0 radical (unpaired) electrons. The summed E-state index contributed by atoms with van der Waals surface area (Å²) in [5.74, 6) is -0.360. The van der Waals surface area contributed by atoms with Crippen molar-refractivity contribution in [1.29, 1.82) is 0 Å². The third-order valence-electron chi connectivity index (χ3n) is 4.35. The number of carbonyl (C=O) groups excluding carboxylic acids is 2. The first kappa shape index (κ1) is 19.7. The number of ether oxygens (including phenoxy) is 1. The summed E-state index contributed by atoms with van der Waals surface area (Å²) < 4.78 is 33.1. The van der Waals surface area contributed by atoms with Gasteiger partial charge < -0.3 is 15.4 Å². The van der Waals surface area contributed by atoms with Crippen molar-refractivity contribution in [3.05, 3.63) is 54.1 Å².